The van der Waals surface area contributed by atoms with E-state index < -0.39 is 12.7 Å². The summed E-state index contributed by atoms with van der Waals surface area (Å²) in [5.41, 5.74) is 0. The summed E-state index contributed by atoms with van der Waals surface area (Å²) in [7, 11) is 0. The van der Waals surface area contributed by atoms with Crippen molar-refractivity contribution in [1.29, 1.82) is 0 Å². The molecule has 1 saturated carbocycles. The smallest absolute Gasteiger partial charge is 0.311 e. The third-order valence-corrected chi connectivity index (χ3v) is 5.15. The summed E-state index contributed by atoms with van der Waals surface area (Å²) in [4.78, 5) is 1.53. The van der Waals surface area contributed by atoms with Crippen LogP contribution in [0, 0.1) is 11.8 Å². The van der Waals surface area contributed by atoms with Crippen molar-refractivity contribution in [3.05, 3.63) is 0 Å². The minimum absolute atomic E-state index is 0.400. The fourth-order valence-corrected chi connectivity index (χ4v) is 3.63. The number of nitrogens with zero attached hydrogens (tertiary/aromatic N) is 1. The van der Waals surface area contributed by atoms with Crippen molar-refractivity contribution < 1.29 is 13.2 Å². The molecular weight excluding hydrogens is 265 g/mol. The quantitative estimate of drug-likeness (QED) is 0.857. The molecule has 0 amide bonds. The molecule has 2 aliphatic rings. The monoisotopic (exact) mass is 292 g/mol. The van der Waals surface area contributed by atoms with Gasteiger partial charge >= 0.3 is 6.18 Å². The summed E-state index contributed by atoms with van der Waals surface area (Å²) in [6.45, 7) is 4.99. The molecule has 5 heteroatoms. The molecule has 0 aromatic carbocycles. The Hall–Kier alpha value is -0.290. The van der Waals surface area contributed by atoms with Gasteiger partial charge in [-0.3, -0.25) is 4.90 Å². The van der Waals surface area contributed by atoms with Gasteiger partial charge in [0.25, 0.3) is 0 Å². The second-order valence-electron chi connectivity index (χ2n) is 6.71. The fourth-order valence-electron chi connectivity index (χ4n) is 3.63. The molecule has 3 atom stereocenters. The van der Waals surface area contributed by atoms with Crippen molar-refractivity contribution >= 4 is 0 Å². The van der Waals surface area contributed by atoms with Gasteiger partial charge in [-0.25, -0.2) is 0 Å². The highest BCUT2D eigenvalue weighted by Crippen LogP contribution is 2.30. The molecule has 0 bridgehead atoms. The lowest BCUT2D eigenvalue weighted by Crippen LogP contribution is -2.51. The van der Waals surface area contributed by atoms with Gasteiger partial charge in [-0.1, -0.05) is 26.7 Å². The Morgan fingerprint density at radius 1 is 1.05 bits per heavy atom. The van der Waals surface area contributed by atoms with E-state index in [9.17, 15) is 13.2 Å². The first-order valence-electron chi connectivity index (χ1n) is 7.90. The summed E-state index contributed by atoms with van der Waals surface area (Å²) in [5.74, 6) is 1.43. The highest BCUT2D eigenvalue weighted by Gasteiger charge is 2.34. The minimum atomic E-state index is -4.06. The van der Waals surface area contributed by atoms with Gasteiger partial charge in [-0.2, -0.15) is 13.2 Å². The van der Waals surface area contributed by atoms with Crippen LogP contribution in [0.4, 0.5) is 13.2 Å². The molecule has 1 aliphatic carbocycles. The van der Waals surface area contributed by atoms with Gasteiger partial charge < -0.3 is 5.32 Å². The van der Waals surface area contributed by atoms with E-state index in [1.54, 1.807) is 0 Å². The van der Waals surface area contributed by atoms with Crippen LogP contribution in [0.1, 0.15) is 46.0 Å². The Kier molecular flexibility index (Phi) is 5.35. The van der Waals surface area contributed by atoms with Gasteiger partial charge in [0.1, 0.15) is 0 Å². The van der Waals surface area contributed by atoms with Gasteiger partial charge in [-0.05, 0) is 44.2 Å². The van der Waals surface area contributed by atoms with Crippen molar-refractivity contribution in [2.75, 3.05) is 19.6 Å². The molecule has 1 aliphatic heterocycles. The number of piperidine rings is 1. The molecule has 20 heavy (non-hydrogen) atoms. The van der Waals surface area contributed by atoms with E-state index in [0.29, 0.717) is 31.1 Å². The van der Waals surface area contributed by atoms with E-state index in [-0.39, 0.29) is 0 Å². The number of rotatable bonds is 3. The van der Waals surface area contributed by atoms with Gasteiger partial charge in [0.15, 0.2) is 0 Å². The van der Waals surface area contributed by atoms with Crippen molar-refractivity contribution in [2.45, 2.75) is 64.2 Å². The first kappa shape index (κ1) is 16.1. The number of halogens is 3. The molecule has 118 valence electrons. The summed E-state index contributed by atoms with van der Waals surface area (Å²) >= 11 is 0. The second-order valence-corrected chi connectivity index (χ2v) is 6.71. The maximum atomic E-state index is 12.3. The number of hydrogen-bond acceptors (Lipinski definition) is 2. The summed E-state index contributed by atoms with van der Waals surface area (Å²) in [6, 6.07) is 0.954. The van der Waals surface area contributed by atoms with Crippen LogP contribution in [-0.2, 0) is 0 Å². The van der Waals surface area contributed by atoms with Crippen molar-refractivity contribution in [3.63, 3.8) is 0 Å². The van der Waals surface area contributed by atoms with E-state index in [0.717, 1.165) is 18.8 Å². The summed E-state index contributed by atoms with van der Waals surface area (Å²) in [5, 5.41) is 3.71. The molecule has 0 radical (unpaired) electrons. The van der Waals surface area contributed by atoms with Gasteiger partial charge in [0, 0.05) is 12.1 Å². The van der Waals surface area contributed by atoms with E-state index in [1.807, 2.05) is 0 Å². The average Bonchev–Trinajstić information content (AvgIpc) is 2.35. The number of likely N-dealkylation sites (tertiary alicyclic amines) is 1. The van der Waals surface area contributed by atoms with Gasteiger partial charge in [0.2, 0.25) is 0 Å². The van der Waals surface area contributed by atoms with Gasteiger partial charge in [-0.15, -0.1) is 0 Å². The van der Waals surface area contributed by atoms with E-state index >= 15 is 0 Å². The van der Waals surface area contributed by atoms with Crippen LogP contribution in [-0.4, -0.2) is 42.8 Å². The molecule has 2 rings (SSSR count). The Bertz CT molecular complexity index is 298. The topological polar surface area (TPSA) is 15.3 Å². The van der Waals surface area contributed by atoms with Gasteiger partial charge in [0.05, 0.1) is 6.54 Å². The van der Waals surface area contributed by atoms with Crippen LogP contribution in [0.2, 0.25) is 0 Å². The molecule has 1 heterocycles. The number of hydrogen-bond donors (Lipinski definition) is 1. The van der Waals surface area contributed by atoms with Crippen LogP contribution < -0.4 is 5.32 Å². The standard InChI is InChI=1S/C15H27F3N2/c1-11-4-3-5-14(12(11)2)19-13-6-8-20(9-7-13)10-15(16,17)18/h11-14,19H,3-10H2,1-2H3. The maximum absolute atomic E-state index is 12.3. The molecule has 0 aromatic rings. The number of nitrogens with one attached hydrogen (secondary N) is 1. The van der Waals surface area contributed by atoms with E-state index in [4.69, 9.17) is 0 Å². The largest absolute Gasteiger partial charge is 0.401 e. The normalized spacial score (nSPS) is 34.4. The lowest BCUT2D eigenvalue weighted by molar-refractivity contribution is -0.148. The first-order chi connectivity index (χ1) is 9.35. The maximum Gasteiger partial charge on any atom is 0.401 e. The molecule has 0 spiro atoms. The Morgan fingerprint density at radius 3 is 2.30 bits per heavy atom. The zero-order valence-corrected chi connectivity index (χ0v) is 12.5. The SMILES string of the molecule is CC1CCCC(NC2CCN(CC(F)(F)F)CC2)C1C. The predicted molar refractivity (Wildman–Crippen MR) is 74.6 cm³/mol. The van der Waals surface area contributed by atoms with Crippen LogP contribution >= 0.6 is 0 Å². The first-order valence-corrected chi connectivity index (χ1v) is 7.90. The minimum Gasteiger partial charge on any atom is -0.311 e. The molecule has 1 saturated heterocycles. The van der Waals surface area contributed by atoms with E-state index in [1.165, 1.54) is 24.2 Å². The van der Waals surface area contributed by atoms with Crippen molar-refractivity contribution in [3.8, 4) is 0 Å². The molecule has 1 N–H and O–H groups in total. The number of alkyl halides is 3. The Morgan fingerprint density at radius 2 is 1.70 bits per heavy atom. The van der Waals surface area contributed by atoms with Crippen LogP contribution in [0.3, 0.4) is 0 Å². The van der Waals surface area contributed by atoms with Crippen LogP contribution in [0.15, 0.2) is 0 Å². The Balaban J connectivity index is 1.74. The molecule has 3 unspecified atom stereocenters. The third-order valence-electron chi connectivity index (χ3n) is 5.15. The van der Waals surface area contributed by atoms with Crippen molar-refractivity contribution in [1.82, 2.24) is 10.2 Å². The molecule has 0 aromatic heterocycles. The lowest BCUT2D eigenvalue weighted by Gasteiger charge is -2.40. The highest BCUT2D eigenvalue weighted by molar-refractivity contribution is 4.87. The van der Waals surface area contributed by atoms with Crippen LogP contribution in [0.25, 0.3) is 0 Å². The lowest BCUT2D eigenvalue weighted by atomic mass is 9.77. The molecular formula is C15H27F3N2. The third kappa shape index (κ3) is 4.62. The highest BCUT2D eigenvalue weighted by atomic mass is 19.4. The fraction of sp³-hybridized carbons (Fsp3) is 1.00. The molecule has 2 fully saturated rings. The van der Waals surface area contributed by atoms with E-state index in [2.05, 4.69) is 19.2 Å². The molecule has 2 nitrogen and oxygen atoms in total. The predicted octanol–water partition coefficient (Wildman–Crippen LogP) is 3.43. The zero-order chi connectivity index (χ0) is 14.8. The van der Waals surface area contributed by atoms with Crippen molar-refractivity contribution in [2.24, 2.45) is 11.8 Å². The Labute approximate surface area is 120 Å². The second kappa shape index (κ2) is 6.65. The summed E-state index contributed by atoms with van der Waals surface area (Å²) < 4.78 is 37.0. The summed E-state index contributed by atoms with van der Waals surface area (Å²) in [6.07, 6.45) is 1.42. The zero-order valence-electron chi connectivity index (χ0n) is 12.5. The average molecular weight is 292 g/mol. The van der Waals surface area contributed by atoms with Crippen LogP contribution in [0.5, 0.6) is 0 Å².